The molecule has 5 nitrogen and oxygen atoms in total. The lowest BCUT2D eigenvalue weighted by molar-refractivity contribution is -0.162. The van der Waals surface area contributed by atoms with E-state index in [1.807, 2.05) is 23.1 Å². The first-order valence-corrected chi connectivity index (χ1v) is 9.30. The zero-order valence-electron chi connectivity index (χ0n) is 15.1. The molecule has 2 saturated heterocycles. The van der Waals surface area contributed by atoms with Crippen molar-refractivity contribution in [1.82, 2.24) is 4.90 Å². The molecule has 2 aliphatic heterocycles. The molecule has 0 radical (unpaired) electrons. The van der Waals surface area contributed by atoms with Crippen LogP contribution in [0.4, 0.5) is 0 Å². The van der Waals surface area contributed by atoms with Crippen LogP contribution in [-0.4, -0.2) is 55.4 Å². The number of hydrogen-bond donors (Lipinski definition) is 0. The van der Waals surface area contributed by atoms with Gasteiger partial charge in [-0.3, -0.25) is 4.79 Å². The van der Waals surface area contributed by atoms with Gasteiger partial charge in [0.1, 0.15) is 0 Å². The van der Waals surface area contributed by atoms with Gasteiger partial charge in [0, 0.05) is 33.0 Å². The summed E-state index contributed by atoms with van der Waals surface area (Å²) < 4.78 is 17.8. The first-order valence-electron chi connectivity index (χ1n) is 9.30. The van der Waals surface area contributed by atoms with E-state index >= 15 is 0 Å². The highest BCUT2D eigenvalue weighted by Gasteiger charge is 2.41. The van der Waals surface area contributed by atoms with Crippen molar-refractivity contribution in [1.29, 1.82) is 0 Å². The Bertz CT molecular complexity index is 540. The van der Waals surface area contributed by atoms with Crippen LogP contribution in [0.25, 0.3) is 0 Å². The maximum atomic E-state index is 11.5. The molecule has 0 N–H and O–H groups in total. The number of ether oxygens (including phenoxy) is 3. The Labute approximate surface area is 150 Å². The van der Waals surface area contributed by atoms with Crippen molar-refractivity contribution in [2.24, 2.45) is 0 Å². The van der Waals surface area contributed by atoms with E-state index in [1.54, 1.807) is 6.92 Å². The van der Waals surface area contributed by atoms with Gasteiger partial charge < -0.3 is 19.1 Å². The summed E-state index contributed by atoms with van der Waals surface area (Å²) in [5.41, 5.74) is 1.09. The monoisotopic (exact) mass is 347 g/mol. The molecule has 2 heterocycles. The van der Waals surface area contributed by atoms with Crippen LogP contribution in [0.3, 0.4) is 0 Å². The average molecular weight is 347 g/mol. The van der Waals surface area contributed by atoms with E-state index in [0.717, 1.165) is 45.4 Å². The van der Waals surface area contributed by atoms with Crippen molar-refractivity contribution in [3.05, 3.63) is 35.9 Å². The van der Waals surface area contributed by atoms with Crippen molar-refractivity contribution in [3.8, 4) is 0 Å². The fourth-order valence-electron chi connectivity index (χ4n) is 3.74. The number of piperidine rings is 1. The second-order valence-electron chi connectivity index (χ2n) is 7.06. The lowest BCUT2D eigenvalue weighted by atomic mass is 9.83. The van der Waals surface area contributed by atoms with E-state index < -0.39 is 0 Å². The minimum atomic E-state index is -0.0975. The van der Waals surface area contributed by atoms with Crippen LogP contribution in [0.1, 0.15) is 38.2 Å². The lowest BCUT2D eigenvalue weighted by Gasteiger charge is -2.45. The quantitative estimate of drug-likeness (QED) is 0.743. The second-order valence-corrected chi connectivity index (χ2v) is 7.06. The maximum absolute atomic E-state index is 11.5. The molecule has 1 atom stereocenters. The predicted molar refractivity (Wildman–Crippen MR) is 95.2 cm³/mol. The number of rotatable bonds is 6. The van der Waals surface area contributed by atoms with Crippen LogP contribution in [-0.2, 0) is 25.6 Å². The van der Waals surface area contributed by atoms with Crippen LogP contribution in [0.5, 0.6) is 0 Å². The van der Waals surface area contributed by atoms with Crippen molar-refractivity contribution in [2.75, 3.05) is 32.9 Å². The van der Waals surface area contributed by atoms with Crippen molar-refractivity contribution >= 4 is 5.91 Å². The molecule has 2 fully saturated rings. The van der Waals surface area contributed by atoms with Crippen LogP contribution >= 0.6 is 0 Å². The molecule has 2 aliphatic rings. The first kappa shape index (κ1) is 18.4. The van der Waals surface area contributed by atoms with Crippen LogP contribution in [0, 0.1) is 0 Å². The largest absolute Gasteiger partial charge is 0.376 e. The summed E-state index contributed by atoms with van der Waals surface area (Å²) in [6, 6.07) is 10.2. The van der Waals surface area contributed by atoms with E-state index in [-0.39, 0.29) is 17.6 Å². The molecule has 1 aromatic carbocycles. The standard InChI is InChI=1S/C20H29NO4/c1-17(22)21-10-8-20(9-11-21)15-19(7-12-25-20)24-14-13-23-16-18-5-3-2-4-6-18/h2-6,19H,7-16H2,1H3. The lowest BCUT2D eigenvalue weighted by Crippen LogP contribution is -2.51. The van der Waals surface area contributed by atoms with Gasteiger partial charge in [0.2, 0.25) is 5.91 Å². The summed E-state index contributed by atoms with van der Waals surface area (Å²) in [5.74, 6) is 0.161. The Kier molecular flexibility index (Phi) is 6.45. The van der Waals surface area contributed by atoms with Gasteiger partial charge in [-0.25, -0.2) is 0 Å². The van der Waals surface area contributed by atoms with Gasteiger partial charge in [-0.2, -0.15) is 0 Å². The predicted octanol–water partition coefficient (Wildman–Crippen LogP) is 2.78. The minimum Gasteiger partial charge on any atom is -0.376 e. The number of amides is 1. The van der Waals surface area contributed by atoms with E-state index in [0.29, 0.717) is 19.8 Å². The van der Waals surface area contributed by atoms with Gasteiger partial charge in [-0.05, 0) is 24.8 Å². The molecule has 0 aromatic heterocycles. The van der Waals surface area contributed by atoms with Gasteiger partial charge in [0.05, 0.1) is 31.5 Å². The topological polar surface area (TPSA) is 48.0 Å². The van der Waals surface area contributed by atoms with Gasteiger partial charge in [-0.15, -0.1) is 0 Å². The van der Waals surface area contributed by atoms with E-state index in [4.69, 9.17) is 14.2 Å². The molecule has 1 aromatic rings. The molecule has 25 heavy (non-hydrogen) atoms. The Balaban J connectivity index is 1.35. The minimum absolute atomic E-state index is 0.0975. The Morgan fingerprint density at radius 1 is 1.24 bits per heavy atom. The highest BCUT2D eigenvalue weighted by atomic mass is 16.5. The number of likely N-dealkylation sites (tertiary alicyclic amines) is 1. The number of carbonyl (C=O) groups excluding carboxylic acids is 1. The molecule has 3 rings (SSSR count). The molecule has 138 valence electrons. The SMILES string of the molecule is CC(=O)N1CCC2(CC1)CC(OCCOCc1ccccc1)CCO2. The fourth-order valence-corrected chi connectivity index (χ4v) is 3.74. The number of nitrogens with zero attached hydrogens (tertiary/aromatic N) is 1. The van der Waals surface area contributed by atoms with E-state index in [9.17, 15) is 4.79 Å². The number of benzene rings is 1. The maximum Gasteiger partial charge on any atom is 0.219 e. The van der Waals surface area contributed by atoms with Crippen molar-refractivity contribution in [3.63, 3.8) is 0 Å². The molecule has 1 unspecified atom stereocenters. The summed E-state index contributed by atoms with van der Waals surface area (Å²) in [7, 11) is 0. The van der Waals surface area contributed by atoms with Gasteiger partial charge in [-0.1, -0.05) is 30.3 Å². The van der Waals surface area contributed by atoms with Gasteiger partial charge >= 0.3 is 0 Å². The van der Waals surface area contributed by atoms with E-state index in [2.05, 4.69) is 12.1 Å². The highest BCUT2D eigenvalue weighted by Crippen LogP contribution is 2.36. The highest BCUT2D eigenvalue weighted by molar-refractivity contribution is 5.73. The molecule has 1 amide bonds. The third kappa shape index (κ3) is 5.27. The van der Waals surface area contributed by atoms with Crippen LogP contribution < -0.4 is 0 Å². The molecule has 0 aliphatic carbocycles. The van der Waals surface area contributed by atoms with Gasteiger partial charge in [0.25, 0.3) is 0 Å². The second kappa shape index (κ2) is 8.79. The summed E-state index contributed by atoms with van der Waals surface area (Å²) >= 11 is 0. The average Bonchev–Trinajstić information content (AvgIpc) is 2.63. The Morgan fingerprint density at radius 3 is 2.72 bits per heavy atom. The van der Waals surface area contributed by atoms with Crippen molar-refractivity contribution in [2.45, 2.75) is 50.9 Å². The molecule has 1 spiro atoms. The zero-order valence-corrected chi connectivity index (χ0v) is 15.1. The Hall–Kier alpha value is -1.43. The number of hydrogen-bond acceptors (Lipinski definition) is 4. The van der Waals surface area contributed by atoms with Crippen molar-refractivity contribution < 1.29 is 19.0 Å². The molecule has 0 saturated carbocycles. The summed E-state index contributed by atoms with van der Waals surface area (Å²) in [6.45, 7) is 5.83. The smallest absolute Gasteiger partial charge is 0.219 e. The number of carbonyl (C=O) groups is 1. The first-order chi connectivity index (χ1) is 12.2. The normalized spacial score (nSPS) is 22.9. The molecular formula is C20H29NO4. The van der Waals surface area contributed by atoms with Gasteiger partial charge in [0.15, 0.2) is 0 Å². The molecular weight excluding hydrogens is 318 g/mol. The van der Waals surface area contributed by atoms with Crippen LogP contribution in [0.2, 0.25) is 0 Å². The Morgan fingerprint density at radius 2 is 2.00 bits per heavy atom. The summed E-state index contributed by atoms with van der Waals surface area (Å²) in [4.78, 5) is 13.4. The van der Waals surface area contributed by atoms with E-state index in [1.165, 1.54) is 5.56 Å². The zero-order chi connectivity index (χ0) is 17.5. The summed E-state index contributed by atoms with van der Waals surface area (Å²) in [5, 5.41) is 0. The third-order valence-corrected chi connectivity index (χ3v) is 5.26. The fraction of sp³-hybridized carbons (Fsp3) is 0.650. The van der Waals surface area contributed by atoms with Crippen LogP contribution in [0.15, 0.2) is 30.3 Å². The summed E-state index contributed by atoms with van der Waals surface area (Å²) in [6.07, 6.45) is 3.93. The molecule has 0 bridgehead atoms. The molecule has 5 heteroatoms. The third-order valence-electron chi connectivity index (χ3n) is 5.26.